The van der Waals surface area contributed by atoms with Gasteiger partial charge < -0.3 is 11.1 Å². The van der Waals surface area contributed by atoms with E-state index in [-0.39, 0.29) is 0 Å². The number of anilines is 2. The molecule has 2 rings (SSSR count). The lowest BCUT2D eigenvalue weighted by molar-refractivity contribution is 1.00. The molecule has 0 saturated carbocycles. The highest BCUT2D eigenvalue weighted by molar-refractivity contribution is 9.10. The monoisotopic (exact) mass is 318 g/mol. The molecular weight excluding hydrogens is 300 g/mol. The van der Waals surface area contributed by atoms with Gasteiger partial charge in [0.2, 0.25) is 0 Å². The van der Waals surface area contributed by atoms with Crippen LogP contribution in [0.4, 0.5) is 11.4 Å². The molecule has 0 amide bonds. The van der Waals surface area contributed by atoms with Crippen LogP contribution in [0.2, 0.25) is 0 Å². The first-order valence-corrected chi connectivity index (χ1v) is 7.20. The lowest BCUT2D eigenvalue weighted by atomic mass is 10.0. The highest BCUT2D eigenvalue weighted by Crippen LogP contribution is 2.23. The van der Waals surface area contributed by atoms with Crippen molar-refractivity contribution in [2.45, 2.75) is 20.3 Å². The van der Waals surface area contributed by atoms with E-state index in [2.05, 4.69) is 53.3 Å². The minimum absolute atomic E-state index is 0.773. The fourth-order valence-corrected chi connectivity index (χ4v) is 2.53. The SMILES string of the molecule is Cc1ccc(CCNc2ccc(Br)cc2N)c(C)c1. The van der Waals surface area contributed by atoms with Crippen LogP contribution in [0.5, 0.6) is 0 Å². The molecule has 0 heterocycles. The molecule has 0 atom stereocenters. The predicted octanol–water partition coefficient (Wildman–Crippen LogP) is 4.30. The highest BCUT2D eigenvalue weighted by atomic mass is 79.9. The largest absolute Gasteiger partial charge is 0.397 e. The van der Waals surface area contributed by atoms with Crippen LogP contribution in [0, 0.1) is 13.8 Å². The van der Waals surface area contributed by atoms with E-state index in [0.29, 0.717) is 0 Å². The third-order valence-corrected chi connectivity index (χ3v) is 3.71. The zero-order valence-corrected chi connectivity index (χ0v) is 12.9. The van der Waals surface area contributed by atoms with Gasteiger partial charge in [-0.1, -0.05) is 39.7 Å². The predicted molar refractivity (Wildman–Crippen MR) is 86.7 cm³/mol. The van der Waals surface area contributed by atoms with Crippen LogP contribution >= 0.6 is 15.9 Å². The molecule has 0 aromatic heterocycles. The van der Waals surface area contributed by atoms with E-state index in [0.717, 1.165) is 28.8 Å². The van der Waals surface area contributed by atoms with Crippen LogP contribution in [0.3, 0.4) is 0 Å². The first-order chi connectivity index (χ1) is 9.06. The summed E-state index contributed by atoms with van der Waals surface area (Å²) in [7, 11) is 0. The standard InChI is InChI=1S/C16H19BrN2/c1-11-3-4-13(12(2)9-11)7-8-19-16-6-5-14(17)10-15(16)18/h3-6,9-10,19H,7-8,18H2,1-2H3. The van der Waals surface area contributed by atoms with Crippen molar-refractivity contribution in [1.82, 2.24) is 0 Å². The quantitative estimate of drug-likeness (QED) is 0.825. The Hall–Kier alpha value is -1.48. The number of aryl methyl sites for hydroxylation is 2. The average Bonchev–Trinajstić information content (AvgIpc) is 2.34. The average molecular weight is 319 g/mol. The van der Waals surface area contributed by atoms with Crippen LogP contribution in [0.25, 0.3) is 0 Å². The lowest BCUT2D eigenvalue weighted by Gasteiger charge is -2.11. The van der Waals surface area contributed by atoms with Gasteiger partial charge in [-0.15, -0.1) is 0 Å². The molecule has 0 aliphatic carbocycles. The van der Waals surface area contributed by atoms with Gasteiger partial charge >= 0.3 is 0 Å². The second-order valence-corrected chi connectivity index (χ2v) is 5.75. The zero-order chi connectivity index (χ0) is 13.8. The molecule has 2 aromatic carbocycles. The molecule has 100 valence electrons. The topological polar surface area (TPSA) is 38.0 Å². The Labute approximate surface area is 123 Å². The van der Waals surface area contributed by atoms with Gasteiger partial charge in [0.05, 0.1) is 11.4 Å². The normalized spacial score (nSPS) is 10.5. The van der Waals surface area contributed by atoms with E-state index >= 15 is 0 Å². The number of nitrogen functional groups attached to an aromatic ring is 1. The second-order valence-electron chi connectivity index (χ2n) is 4.84. The summed E-state index contributed by atoms with van der Waals surface area (Å²) in [5.41, 5.74) is 11.8. The summed E-state index contributed by atoms with van der Waals surface area (Å²) < 4.78 is 1.00. The van der Waals surface area contributed by atoms with Crippen molar-refractivity contribution in [1.29, 1.82) is 0 Å². The molecule has 3 heteroatoms. The van der Waals surface area contributed by atoms with Gasteiger partial charge in [-0.2, -0.15) is 0 Å². The van der Waals surface area contributed by atoms with Crippen molar-refractivity contribution in [3.05, 3.63) is 57.6 Å². The summed E-state index contributed by atoms with van der Waals surface area (Å²) in [6.07, 6.45) is 1.00. The van der Waals surface area contributed by atoms with E-state index < -0.39 is 0 Å². The third kappa shape index (κ3) is 3.74. The van der Waals surface area contributed by atoms with Crippen molar-refractivity contribution >= 4 is 27.3 Å². The molecule has 0 fully saturated rings. The number of rotatable bonds is 4. The smallest absolute Gasteiger partial charge is 0.0574 e. The second kappa shape index (κ2) is 6.11. The van der Waals surface area contributed by atoms with Crippen molar-refractivity contribution in [2.75, 3.05) is 17.6 Å². The first-order valence-electron chi connectivity index (χ1n) is 6.41. The van der Waals surface area contributed by atoms with Crippen molar-refractivity contribution in [3.63, 3.8) is 0 Å². The van der Waals surface area contributed by atoms with E-state index in [1.807, 2.05) is 18.2 Å². The number of hydrogen-bond donors (Lipinski definition) is 2. The molecular formula is C16H19BrN2. The molecule has 19 heavy (non-hydrogen) atoms. The van der Waals surface area contributed by atoms with E-state index in [4.69, 9.17) is 5.73 Å². The summed E-state index contributed by atoms with van der Waals surface area (Å²) in [4.78, 5) is 0. The van der Waals surface area contributed by atoms with Crippen LogP contribution in [-0.2, 0) is 6.42 Å². The van der Waals surface area contributed by atoms with Crippen LogP contribution in [0.1, 0.15) is 16.7 Å². The zero-order valence-electron chi connectivity index (χ0n) is 11.3. The minimum Gasteiger partial charge on any atom is -0.397 e. The molecule has 0 bridgehead atoms. The maximum atomic E-state index is 5.96. The number of hydrogen-bond acceptors (Lipinski definition) is 2. The Morgan fingerprint density at radius 3 is 2.58 bits per heavy atom. The van der Waals surface area contributed by atoms with Gasteiger partial charge in [0.15, 0.2) is 0 Å². The maximum absolute atomic E-state index is 5.96. The van der Waals surface area contributed by atoms with Gasteiger partial charge in [-0.05, 0) is 49.6 Å². The molecule has 0 aliphatic heterocycles. The molecule has 2 aromatic rings. The van der Waals surface area contributed by atoms with E-state index in [1.54, 1.807) is 0 Å². The van der Waals surface area contributed by atoms with Gasteiger partial charge in [0.1, 0.15) is 0 Å². The highest BCUT2D eigenvalue weighted by Gasteiger charge is 2.01. The number of nitrogens with two attached hydrogens (primary N) is 1. The van der Waals surface area contributed by atoms with Gasteiger partial charge in [-0.3, -0.25) is 0 Å². The Morgan fingerprint density at radius 2 is 1.89 bits per heavy atom. The Kier molecular flexibility index (Phi) is 4.48. The Balaban J connectivity index is 1.96. The van der Waals surface area contributed by atoms with Crippen LogP contribution in [0.15, 0.2) is 40.9 Å². The van der Waals surface area contributed by atoms with Crippen molar-refractivity contribution in [2.24, 2.45) is 0 Å². The number of nitrogens with one attached hydrogen (secondary N) is 1. The minimum atomic E-state index is 0.773. The molecule has 2 nitrogen and oxygen atoms in total. The van der Waals surface area contributed by atoms with Crippen LogP contribution < -0.4 is 11.1 Å². The summed E-state index contributed by atoms with van der Waals surface area (Å²) >= 11 is 3.41. The van der Waals surface area contributed by atoms with Gasteiger partial charge in [-0.25, -0.2) is 0 Å². The summed E-state index contributed by atoms with van der Waals surface area (Å²) in [6.45, 7) is 5.17. The molecule has 0 radical (unpaired) electrons. The van der Waals surface area contributed by atoms with E-state index in [9.17, 15) is 0 Å². The van der Waals surface area contributed by atoms with Crippen LogP contribution in [-0.4, -0.2) is 6.54 Å². The third-order valence-electron chi connectivity index (χ3n) is 3.22. The number of halogens is 1. The first kappa shape index (κ1) is 13.9. The summed E-state index contributed by atoms with van der Waals surface area (Å²) in [5.74, 6) is 0. The fourth-order valence-electron chi connectivity index (χ4n) is 2.15. The molecule has 0 spiro atoms. The Morgan fingerprint density at radius 1 is 1.11 bits per heavy atom. The van der Waals surface area contributed by atoms with Crippen molar-refractivity contribution in [3.8, 4) is 0 Å². The summed E-state index contributed by atoms with van der Waals surface area (Å²) in [5, 5.41) is 3.38. The molecule has 3 N–H and O–H groups in total. The fraction of sp³-hybridized carbons (Fsp3) is 0.250. The molecule has 0 unspecified atom stereocenters. The summed E-state index contributed by atoms with van der Waals surface area (Å²) in [6, 6.07) is 12.5. The van der Waals surface area contributed by atoms with Crippen molar-refractivity contribution < 1.29 is 0 Å². The number of benzene rings is 2. The molecule has 0 aliphatic rings. The van der Waals surface area contributed by atoms with Gasteiger partial charge in [0, 0.05) is 11.0 Å². The van der Waals surface area contributed by atoms with Gasteiger partial charge in [0.25, 0.3) is 0 Å². The Bertz CT molecular complexity index is 527. The van der Waals surface area contributed by atoms with E-state index in [1.165, 1.54) is 16.7 Å². The molecule has 0 saturated heterocycles. The lowest BCUT2D eigenvalue weighted by Crippen LogP contribution is -2.07. The maximum Gasteiger partial charge on any atom is 0.0574 e.